The van der Waals surface area contributed by atoms with Gasteiger partial charge in [0.25, 0.3) is 0 Å². The van der Waals surface area contributed by atoms with Crippen LogP contribution in [0, 0.1) is 6.07 Å². The van der Waals surface area contributed by atoms with Crippen molar-refractivity contribution in [2.24, 2.45) is 0 Å². The van der Waals surface area contributed by atoms with Gasteiger partial charge in [0.1, 0.15) is 6.79 Å². The van der Waals surface area contributed by atoms with Crippen LogP contribution in [0.15, 0.2) is 30.3 Å². The maximum atomic E-state index is 8.00. The zero-order valence-corrected chi connectivity index (χ0v) is 35.1. The molecule has 0 radical (unpaired) electrons. The van der Waals surface area contributed by atoms with E-state index in [0.717, 1.165) is 0 Å². The molecular formula is C43H73ClOP2Ru. The molecule has 0 aliphatic heterocycles. The first-order chi connectivity index (χ1) is 23.9. The second-order valence-corrected chi connectivity index (χ2v) is 21.9. The summed E-state index contributed by atoms with van der Waals surface area (Å²) in [7, 11) is 5.34. The summed E-state index contributed by atoms with van der Waals surface area (Å²) >= 11 is 1.82. The van der Waals surface area contributed by atoms with E-state index in [0.29, 0.717) is 15.8 Å². The quantitative estimate of drug-likeness (QED) is 0.159. The van der Waals surface area contributed by atoms with Crippen molar-refractivity contribution in [3.8, 4) is 0 Å². The summed E-state index contributed by atoms with van der Waals surface area (Å²) in [6, 6.07) is 12.5. The fraction of sp³-hybridized carbons (Fsp3) is 0.837. The van der Waals surface area contributed by atoms with E-state index >= 15 is 0 Å². The SMILES string of the molecule is C1CCC(P(C2CCCCC2)C2CCCCC2)CC1.C1CCC(P(C2CCCCC2)C2CCCCC2)CC1.C=O.[Cl][Ru+].[c-]1ccccc1. The largest absolute Gasteiger partial charge is 0.184 e. The molecule has 0 saturated heterocycles. The Bertz CT molecular complexity index is 673. The van der Waals surface area contributed by atoms with Crippen LogP contribution in [0.3, 0.4) is 0 Å². The molecule has 1 aromatic carbocycles. The number of hydrogen-bond acceptors (Lipinski definition) is 1. The Morgan fingerprint density at radius 3 is 0.688 bits per heavy atom. The first-order valence-corrected chi connectivity index (χ1v) is 26.1. The van der Waals surface area contributed by atoms with E-state index in [1.165, 1.54) is 72.5 Å². The average molecular weight is 805 g/mol. The van der Waals surface area contributed by atoms with E-state index in [1.807, 2.05) is 54.4 Å². The molecule has 0 aromatic heterocycles. The fourth-order valence-corrected chi connectivity index (χ4v) is 19.8. The van der Waals surface area contributed by atoms with Gasteiger partial charge >= 0.3 is 27.0 Å². The maximum absolute atomic E-state index is 8.00. The number of benzene rings is 1. The van der Waals surface area contributed by atoms with Crippen LogP contribution in [0.4, 0.5) is 0 Å². The topological polar surface area (TPSA) is 17.1 Å². The fourth-order valence-electron chi connectivity index (χ4n) is 10.4. The summed E-state index contributed by atoms with van der Waals surface area (Å²) < 4.78 is 0. The Morgan fingerprint density at radius 2 is 0.562 bits per heavy atom. The minimum absolute atomic E-state index is 0.385. The number of rotatable bonds is 6. The van der Waals surface area contributed by atoms with Gasteiger partial charge in [0.2, 0.25) is 0 Å². The van der Waals surface area contributed by atoms with Crippen LogP contribution in [0.5, 0.6) is 0 Å². The van der Waals surface area contributed by atoms with Gasteiger partial charge in [-0.2, -0.15) is 36.4 Å². The molecule has 6 saturated carbocycles. The van der Waals surface area contributed by atoms with Gasteiger partial charge in [0.05, 0.1) is 0 Å². The van der Waals surface area contributed by atoms with Crippen molar-refractivity contribution in [3.05, 3.63) is 36.4 Å². The molecule has 1 aromatic rings. The van der Waals surface area contributed by atoms with Crippen molar-refractivity contribution >= 4 is 32.3 Å². The zero-order valence-electron chi connectivity index (χ0n) is 30.8. The van der Waals surface area contributed by atoms with E-state index in [9.17, 15) is 0 Å². The smallest absolute Gasteiger partial charge is 0.171 e. The molecule has 0 amide bonds. The molecule has 0 N–H and O–H groups in total. The number of halogens is 1. The summed E-state index contributed by atoms with van der Waals surface area (Å²) in [6.45, 7) is 2.00. The van der Waals surface area contributed by atoms with Gasteiger partial charge in [0.15, 0.2) is 0 Å². The van der Waals surface area contributed by atoms with E-state index < -0.39 is 0 Å². The third-order valence-corrected chi connectivity index (χ3v) is 20.7. The van der Waals surface area contributed by atoms with Crippen molar-refractivity contribution in [3.63, 3.8) is 0 Å². The van der Waals surface area contributed by atoms with Crippen LogP contribution >= 0.6 is 25.5 Å². The summed E-state index contributed by atoms with van der Waals surface area (Å²) in [5.74, 6) is 0. The second-order valence-electron chi connectivity index (χ2n) is 15.7. The van der Waals surface area contributed by atoms with Gasteiger partial charge in [-0.15, -0.1) is 0 Å². The first-order valence-electron chi connectivity index (χ1n) is 20.8. The van der Waals surface area contributed by atoms with Crippen molar-refractivity contribution in [1.29, 1.82) is 0 Å². The Morgan fingerprint density at radius 1 is 0.375 bits per heavy atom. The standard InChI is InChI=1S/2C18H33P.C6H5.CH2O.ClH.Ru/c2*1-4-10-16(11-5-1)19(17-12-6-2-7-13-17)18-14-8-3-9-15-18;1-2-4-6-5-3-1;1-2;;/h2*16-18H,1-15H2;1-5H;1H2;1H;/q;;-1;;;+2/p-1. The van der Waals surface area contributed by atoms with Crippen LogP contribution in [0.2, 0.25) is 0 Å². The molecule has 0 bridgehead atoms. The molecule has 6 aliphatic rings. The normalized spacial score (nSPS) is 24.1. The minimum atomic E-state index is 0.385. The molecule has 0 spiro atoms. The van der Waals surface area contributed by atoms with Gasteiger partial charge in [-0.3, -0.25) is 0 Å². The molecule has 7 rings (SSSR count). The van der Waals surface area contributed by atoms with Crippen molar-refractivity contribution in [1.82, 2.24) is 0 Å². The molecule has 5 heteroatoms. The summed E-state index contributed by atoms with van der Waals surface area (Å²) in [4.78, 5) is 8.00. The minimum Gasteiger partial charge on any atom is -0.184 e. The molecule has 276 valence electrons. The molecule has 6 fully saturated rings. The molecule has 0 unspecified atom stereocenters. The number of carbonyl (C=O) groups is 1. The summed E-state index contributed by atoms with van der Waals surface area (Å²) in [6.07, 6.45) is 47.2. The molecule has 48 heavy (non-hydrogen) atoms. The van der Waals surface area contributed by atoms with Crippen LogP contribution in [0.1, 0.15) is 193 Å². The zero-order chi connectivity index (χ0) is 34.1. The Hall–Kier alpha value is 0.663. The van der Waals surface area contributed by atoms with Crippen molar-refractivity contribution in [2.45, 2.75) is 227 Å². The molecule has 0 heterocycles. The van der Waals surface area contributed by atoms with Gasteiger partial charge in [0, 0.05) is 0 Å². The molecule has 0 atom stereocenters. The van der Waals surface area contributed by atoms with E-state index in [4.69, 9.17) is 4.79 Å². The van der Waals surface area contributed by atoms with Crippen LogP contribution in [-0.2, 0) is 22.1 Å². The molecule has 1 nitrogen and oxygen atoms in total. The molecular weight excluding hydrogens is 731 g/mol. The van der Waals surface area contributed by atoms with Crippen LogP contribution in [0.25, 0.3) is 0 Å². The number of carbonyl (C=O) groups excluding carboxylic acids is 1. The maximum Gasteiger partial charge on any atom is -0.171 e. The Labute approximate surface area is 315 Å². The third kappa shape index (κ3) is 15.7. The number of hydrogen-bond donors (Lipinski definition) is 0. The Kier molecular flexibility index (Phi) is 25.3. The molecule has 6 aliphatic carbocycles. The summed E-state index contributed by atoms with van der Waals surface area (Å²) in [5.41, 5.74) is 7.14. The predicted molar refractivity (Wildman–Crippen MR) is 213 cm³/mol. The summed E-state index contributed by atoms with van der Waals surface area (Å²) in [5, 5.41) is 0. The van der Waals surface area contributed by atoms with Crippen LogP contribution < -0.4 is 0 Å². The van der Waals surface area contributed by atoms with Gasteiger partial charge in [-0.05, 0) is 111 Å². The van der Waals surface area contributed by atoms with Crippen molar-refractivity contribution < 1.29 is 22.1 Å². The van der Waals surface area contributed by atoms with Gasteiger partial charge in [-0.25, -0.2) is 0 Å². The van der Waals surface area contributed by atoms with Crippen molar-refractivity contribution in [2.75, 3.05) is 0 Å². The van der Waals surface area contributed by atoms with E-state index in [-0.39, 0.29) is 0 Å². The van der Waals surface area contributed by atoms with E-state index in [2.05, 4.69) is 15.8 Å². The van der Waals surface area contributed by atoms with E-state index in [1.54, 1.807) is 154 Å². The van der Waals surface area contributed by atoms with Crippen LogP contribution in [-0.4, -0.2) is 40.7 Å². The average Bonchev–Trinajstić information content (AvgIpc) is 3.20. The monoisotopic (exact) mass is 804 g/mol. The second kappa shape index (κ2) is 28.2. The Balaban J connectivity index is 0.000000204. The predicted octanol–water partition coefficient (Wildman–Crippen LogP) is 14.9. The van der Waals surface area contributed by atoms with Gasteiger partial charge < -0.3 is 4.79 Å². The van der Waals surface area contributed by atoms with Gasteiger partial charge in [-0.1, -0.05) is 131 Å². The third-order valence-electron chi connectivity index (χ3n) is 12.6. The first kappa shape index (κ1) is 43.1.